The van der Waals surface area contributed by atoms with Crippen LogP contribution in [-0.4, -0.2) is 24.1 Å². The molecule has 0 bridgehead atoms. The van der Waals surface area contributed by atoms with Crippen molar-refractivity contribution in [2.45, 2.75) is 12.2 Å². The molecular formula is C22H17F4N3O3. The third-order valence-corrected chi connectivity index (χ3v) is 4.49. The number of alkyl halides is 3. The molecule has 1 heterocycles. The summed E-state index contributed by atoms with van der Waals surface area (Å²) in [6, 6.07) is 10.4. The third kappa shape index (κ3) is 5.20. The van der Waals surface area contributed by atoms with Crippen LogP contribution in [0.15, 0.2) is 66.9 Å². The molecular weight excluding hydrogens is 430 g/mol. The van der Waals surface area contributed by atoms with Gasteiger partial charge in [-0.15, -0.1) is 0 Å². The Morgan fingerprint density at radius 2 is 1.69 bits per heavy atom. The molecule has 166 valence electrons. The maximum absolute atomic E-state index is 14.4. The Morgan fingerprint density at radius 1 is 1.00 bits per heavy atom. The minimum absolute atomic E-state index is 0.0836. The average molecular weight is 447 g/mol. The maximum Gasteiger partial charge on any atom is 0.416 e. The summed E-state index contributed by atoms with van der Waals surface area (Å²) in [5.74, 6) is -1.44. The van der Waals surface area contributed by atoms with Gasteiger partial charge in [0.2, 0.25) is 0 Å². The molecule has 2 aromatic carbocycles. The van der Waals surface area contributed by atoms with Crippen molar-refractivity contribution >= 4 is 17.7 Å². The van der Waals surface area contributed by atoms with E-state index in [2.05, 4.69) is 20.4 Å². The fourth-order valence-electron chi connectivity index (χ4n) is 2.95. The highest BCUT2D eigenvalue weighted by Gasteiger charge is 2.31. The van der Waals surface area contributed by atoms with Crippen LogP contribution in [0.25, 0.3) is 0 Å². The molecule has 0 fully saturated rings. The van der Waals surface area contributed by atoms with Gasteiger partial charge in [-0.1, -0.05) is 24.3 Å². The number of para-hydroxylation sites is 1. The van der Waals surface area contributed by atoms with Gasteiger partial charge in [-0.05, 0) is 42.0 Å². The van der Waals surface area contributed by atoms with Gasteiger partial charge in [0.1, 0.15) is 17.6 Å². The van der Waals surface area contributed by atoms with Crippen molar-refractivity contribution in [3.8, 4) is 0 Å². The fraction of sp³-hybridized carbons (Fsp3) is 0.136. The second-order valence-corrected chi connectivity index (χ2v) is 6.56. The number of ether oxygens (including phenoxy) is 1. The molecule has 6 nitrogen and oxygen atoms in total. The molecule has 0 spiro atoms. The number of urea groups is 1. The van der Waals surface area contributed by atoms with Crippen LogP contribution in [0.5, 0.6) is 0 Å². The van der Waals surface area contributed by atoms with E-state index in [4.69, 9.17) is 0 Å². The zero-order valence-corrected chi connectivity index (χ0v) is 16.6. The summed E-state index contributed by atoms with van der Waals surface area (Å²) in [5, 5.41) is 4.97. The van der Waals surface area contributed by atoms with Crippen molar-refractivity contribution in [2.24, 2.45) is 0 Å². The van der Waals surface area contributed by atoms with E-state index in [-0.39, 0.29) is 22.5 Å². The van der Waals surface area contributed by atoms with Crippen molar-refractivity contribution in [3.63, 3.8) is 0 Å². The molecule has 2 N–H and O–H groups in total. The van der Waals surface area contributed by atoms with Crippen LogP contribution < -0.4 is 10.6 Å². The van der Waals surface area contributed by atoms with Crippen LogP contribution >= 0.6 is 0 Å². The first-order valence-corrected chi connectivity index (χ1v) is 9.23. The van der Waals surface area contributed by atoms with Crippen LogP contribution in [0.2, 0.25) is 0 Å². The summed E-state index contributed by atoms with van der Waals surface area (Å²) < 4.78 is 57.8. The number of aromatic nitrogens is 1. The van der Waals surface area contributed by atoms with Gasteiger partial charge in [-0.25, -0.2) is 14.0 Å². The molecule has 0 saturated carbocycles. The molecule has 0 aliphatic rings. The molecule has 1 unspecified atom stereocenters. The lowest BCUT2D eigenvalue weighted by Gasteiger charge is -2.21. The Labute approximate surface area is 180 Å². The molecule has 10 heteroatoms. The molecule has 1 aromatic heterocycles. The minimum Gasteiger partial charge on any atom is -0.465 e. The van der Waals surface area contributed by atoms with E-state index in [9.17, 15) is 27.2 Å². The molecule has 32 heavy (non-hydrogen) atoms. The van der Waals surface area contributed by atoms with Gasteiger partial charge in [0.15, 0.2) is 0 Å². The number of pyridine rings is 1. The SMILES string of the molecule is COC(=O)c1ccccc1NC(=O)NC(c1ccc(C(F)(F)F)cc1)c1ncccc1F. The van der Waals surface area contributed by atoms with E-state index in [0.29, 0.717) is 0 Å². The molecule has 0 saturated heterocycles. The number of halogens is 4. The topological polar surface area (TPSA) is 80.3 Å². The Kier molecular flexibility index (Phi) is 6.72. The number of nitrogens with one attached hydrogen (secondary N) is 2. The number of anilines is 1. The highest BCUT2D eigenvalue weighted by atomic mass is 19.4. The van der Waals surface area contributed by atoms with Gasteiger partial charge >= 0.3 is 18.2 Å². The van der Waals surface area contributed by atoms with Crippen LogP contribution in [0.3, 0.4) is 0 Å². The smallest absolute Gasteiger partial charge is 0.416 e. The zero-order valence-electron chi connectivity index (χ0n) is 16.6. The lowest BCUT2D eigenvalue weighted by Crippen LogP contribution is -2.34. The normalized spacial score (nSPS) is 12.0. The van der Waals surface area contributed by atoms with Gasteiger partial charge in [-0.3, -0.25) is 4.98 Å². The zero-order chi connectivity index (χ0) is 23.3. The van der Waals surface area contributed by atoms with Crippen LogP contribution in [0, 0.1) is 5.82 Å². The number of esters is 1. The number of hydrogen-bond donors (Lipinski definition) is 2. The number of carbonyl (C=O) groups is 2. The molecule has 0 aliphatic carbocycles. The molecule has 2 amide bonds. The first-order valence-electron chi connectivity index (χ1n) is 9.23. The predicted molar refractivity (Wildman–Crippen MR) is 107 cm³/mol. The van der Waals surface area contributed by atoms with E-state index in [0.717, 1.165) is 30.3 Å². The van der Waals surface area contributed by atoms with E-state index < -0.39 is 35.6 Å². The molecule has 3 aromatic rings. The number of amides is 2. The van der Waals surface area contributed by atoms with E-state index >= 15 is 0 Å². The fourth-order valence-corrected chi connectivity index (χ4v) is 2.95. The summed E-state index contributed by atoms with van der Waals surface area (Å²) in [7, 11) is 1.18. The Balaban J connectivity index is 1.91. The highest BCUT2D eigenvalue weighted by molar-refractivity contribution is 6.00. The summed E-state index contributed by atoms with van der Waals surface area (Å²) in [5.41, 5.74) is -0.696. The Bertz CT molecular complexity index is 1120. The van der Waals surface area contributed by atoms with Crippen molar-refractivity contribution in [3.05, 3.63) is 95.1 Å². The standard InChI is InChI=1S/C22H17F4N3O3/c1-32-20(30)15-5-2-3-7-17(15)28-21(31)29-18(19-16(23)6-4-12-27-19)13-8-10-14(11-9-13)22(24,25)26/h2-12,18H,1H3,(H2,28,29,31). The molecule has 1 atom stereocenters. The third-order valence-electron chi connectivity index (χ3n) is 4.49. The van der Waals surface area contributed by atoms with Gasteiger partial charge < -0.3 is 15.4 Å². The van der Waals surface area contributed by atoms with Gasteiger partial charge in [0, 0.05) is 6.20 Å². The van der Waals surface area contributed by atoms with Gasteiger partial charge in [0.05, 0.1) is 23.9 Å². The summed E-state index contributed by atoms with van der Waals surface area (Å²) in [4.78, 5) is 28.5. The number of methoxy groups -OCH3 is 1. The van der Waals surface area contributed by atoms with Crippen LogP contribution in [0.4, 0.5) is 28.0 Å². The van der Waals surface area contributed by atoms with Crippen molar-refractivity contribution in [1.82, 2.24) is 10.3 Å². The number of benzene rings is 2. The minimum atomic E-state index is -4.55. The van der Waals surface area contributed by atoms with E-state index in [1.165, 1.54) is 31.5 Å². The van der Waals surface area contributed by atoms with E-state index in [1.807, 2.05) is 0 Å². The summed E-state index contributed by atoms with van der Waals surface area (Å²) in [6.07, 6.45) is -3.26. The Morgan fingerprint density at radius 3 is 2.31 bits per heavy atom. The number of rotatable bonds is 5. The second-order valence-electron chi connectivity index (χ2n) is 6.56. The Hall–Kier alpha value is -3.95. The van der Waals surface area contributed by atoms with Crippen molar-refractivity contribution in [2.75, 3.05) is 12.4 Å². The summed E-state index contributed by atoms with van der Waals surface area (Å²) >= 11 is 0. The van der Waals surface area contributed by atoms with Crippen molar-refractivity contribution in [1.29, 1.82) is 0 Å². The summed E-state index contributed by atoms with van der Waals surface area (Å²) in [6.45, 7) is 0. The lowest BCUT2D eigenvalue weighted by atomic mass is 10.0. The first kappa shape index (κ1) is 22.7. The predicted octanol–water partition coefficient (Wildman–Crippen LogP) is 4.94. The first-order chi connectivity index (χ1) is 15.2. The maximum atomic E-state index is 14.4. The van der Waals surface area contributed by atoms with Crippen LogP contribution in [-0.2, 0) is 10.9 Å². The largest absolute Gasteiger partial charge is 0.465 e. The lowest BCUT2D eigenvalue weighted by molar-refractivity contribution is -0.137. The molecule has 0 aliphatic heterocycles. The highest BCUT2D eigenvalue weighted by Crippen LogP contribution is 2.31. The number of carbonyl (C=O) groups excluding carboxylic acids is 2. The number of hydrogen-bond acceptors (Lipinski definition) is 4. The van der Waals surface area contributed by atoms with Crippen molar-refractivity contribution < 1.29 is 31.9 Å². The number of nitrogens with zero attached hydrogens (tertiary/aromatic N) is 1. The molecule has 3 rings (SSSR count). The quantitative estimate of drug-likeness (QED) is 0.429. The second kappa shape index (κ2) is 9.46. The van der Waals surface area contributed by atoms with Gasteiger partial charge in [-0.2, -0.15) is 13.2 Å². The monoisotopic (exact) mass is 447 g/mol. The average Bonchev–Trinajstić information content (AvgIpc) is 2.77. The van der Waals surface area contributed by atoms with Crippen LogP contribution in [0.1, 0.15) is 33.2 Å². The van der Waals surface area contributed by atoms with Gasteiger partial charge in [0.25, 0.3) is 0 Å². The molecule has 0 radical (unpaired) electrons. The van der Waals surface area contributed by atoms with E-state index in [1.54, 1.807) is 12.1 Å².